The molecule has 0 bridgehead atoms. The predicted molar refractivity (Wildman–Crippen MR) is 42.6 cm³/mol. The van der Waals surface area contributed by atoms with Crippen LogP contribution in [0, 0.1) is 0 Å². The Morgan fingerprint density at radius 3 is 2.27 bits per heavy atom. The Labute approximate surface area is 67.8 Å². The minimum absolute atomic E-state index is 0.0343. The van der Waals surface area contributed by atoms with Crippen LogP contribution in [0.2, 0.25) is 0 Å². The minimum Gasteiger partial charge on any atom is -0.358 e. The Bertz CT molecular complexity index is 190. The monoisotopic (exact) mass is 177 g/mol. The summed E-state index contributed by atoms with van der Waals surface area (Å²) < 4.78 is 10.9. The number of carbonyl (C=O) groups is 2. The lowest BCUT2D eigenvalue weighted by Crippen LogP contribution is -2.26. The maximum atomic E-state index is 10.9. The van der Waals surface area contributed by atoms with Crippen LogP contribution in [-0.4, -0.2) is 34.5 Å². The largest absolute Gasteiger partial charge is 0.358 e. The molecule has 0 aromatic heterocycles. The van der Waals surface area contributed by atoms with Crippen LogP contribution in [0.15, 0.2) is 0 Å². The van der Waals surface area contributed by atoms with Crippen molar-refractivity contribution in [3.63, 3.8) is 0 Å². The summed E-state index contributed by atoms with van der Waals surface area (Å²) in [5.41, 5.74) is 0. The van der Waals surface area contributed by atoms with Crippen LogP contribution < -0.4 is 5.32 Å². The second-order valence-corrected chi connectivity index (χ2v) is 3.56. The zero-order valence-electron chi connectivity index (χ0n) is 6.55. The minimum atomic E-state index is -1.34. The molecule has 4 nitrogen and oxygen atoms in total. The number of hydrogen-bond acceptors (Lipinski definition) is 3. The highest BCUT2D eigenvalue weighted by Gasteiger charge is 2.07. The molecule has 0 heterocycles. The van der Waals surface area contributed by atoms with E-state index < -0.39 is 10.8 Å². The van der Waals surface area contributed by atoms with Crippen LogP contribution in [0.3, 0.4) is 0 Å². The van der Waals surface area contributed by atoms with Gasteiger partial charge in [0.1, 0.15) is 11.5 Å². The normalized spacial score (nSPS) is 12.2. The molecule has 1 unspecified atom stereocenters. The van der Waals surface area contributed by atoms with Crippen molar-refractivity contribution in [1.82, 2.24) is 5.32 Å². The van der Waals surface area contributed by atoms with Gasteiger partial charge in [0.05, 0.1) is 5.75 Å². The van der Waals surface area contributed by atoms with Crippen molar-refractivity contribution in [2.45, 2.75) is 6.92 Å². The number of carbonyl (C=O) groups excluding carboxylic acids is 2. The number of ketones is 1. The molecule has 0 aliphatic heterocycles. The molecule has 0 aromatic rings. The van der Waals surface area contributed by atoms with Gasteiger partial charge in [-0.05, 0) is 6.92 Å². The van der Waals surface area contributed by atoms with Crippen molar-refractivity contribution in [1.29, 1.82) is 0 Å². The van der Waals surface area contributed by atoms with Gasteiger partial charge < -0.3 is 5.32 Å². The van der Waals surface area contributed by atoms with E-state index in [2.05, 4.69) is 5.32 Å². The number of amides is 1. The summed E-state index contributed by atoms with van der Waals surface area (Å²) in [5.74, 6) is -0.583. The molecular weight excluding hydrogens is 166 g/mol. The van der Waals surface area contributed by atoms with Gasteiger partial charge in [-0.3, -0.25) is 13.8 Å². The van der Waals surface area contributed by atoms with E-state index in [1.807, 2.05) is 0 Å². The third-order valence-corrected chi connectivity index (χ3v) is 2.25. The smallest absolute Gasteiger partial charge is 0.232 e. The molecule has 0 saturated carbocycles. The van der Waals surface area contributed by atoms with Gasteiger partial charge in [0, 0.05) is 17.8 Å². The van der Waals surface area contributed by atoms with E-state index in [-0.39, 0.29) is 23.2 Å². The van der Waals surface area contributed by atoms with E-state index in [1.165, 1.54) is 14.0 Å². The van der Waals surface area contributed by atoms with Crippen LogP contribution in [0.1, 0.15) is 6.92 Å². The Kier molecular flexibility index (Phi) is 4.69. The molecular formula is C6H11NO3S. The van der Waals surface area contributed by atoms with E-state index >= 15 is 0 Å². The molecule has 1 N–H and O–H groups in total. The van der Waals surface area contributed by atoms with Crippen molar-refractivity contribution in [3.8, 4) is 0 Å². The highest BCUT2D eigenvalue weighted by Crippen LogP contribution is 1.83. The lowest BCUT2D eigenvalue weighted by molar-refractivity contribution is -0.118. The van der Waals surface area contributed by atoms with Crippen LogP contribution in [-0.2, 0) is 20.4 Å². The van der Waals surface area contributed by atoms with Crippen molar-refractivity contribution in [2.24, 2.45) is 0 Å². The molecule has 64 valence electrons. The summed E-state index contributed by atoms with van der Waals surface area (Å²) >= 11 is 0. The van der Waals surface area contributed by atoms with Crippen LogP contribution in [0.4, 0.5) is 0 Å². The zero-order chi connectivity index (χ0) is 8.85. The lowest BCUT2D eigenvalue weighted by Gasteiger charge is -1.97. The van der Waals surface area contributed by atoms with Gasteiger partial charge in [-0.15, -0.1) is 0 Å². The summed E-state index contributed by atoms with van der Waals surface area (Å²) in [6, 6.07) is 0. The lowest BCUT2D eigenvalue weighted by atomic mass is 10.5. The van der Waals surface area contributed by atoms with Crippen molar-refractivity contribution < 1.29 is 13.8 Å². The molecule has 0 aliphatic carbocycles. The van der Waals surface area contributed by atoms with E-state index in [0.717, 1.165) is 0 Å². The van der Waals surface area contributed by atoms with Gasteiger partial charge in [-0.2, -0.15) is 0 Å². The summed E-state index contributed by atoms with van der Waals surface area (Å²) in [7, 11) is 0.124. The van der Waals surface area contributed by atoms with Crippen molar-refractivity contribution in [3.05, 3.63) is 0 Å². The SMILES string of the molecule is CNC(=O)CS(=O)CC(C)=O. The third kappa shape index (κ3) is 5.72. The van der Waals surface area contributed by atoms with Crippen molar-refractivity contribution in [2.75, 3.05) is 18.6 Å². The molecule has 0 spiro atoms. The average Bonchev–Trinajstić information content (AvgIpc) is 1.85. The molecule has 1 atom stereocenters. The Hall–Kier alpha value is -0.710. The van der Waals surface area contributed by atoms with Crippen molar-refractivity contribution >= 4 is 22.5 Å². The van der Waals surface area contributed by atoms with E-state index in [4.69, 9.17) is 0 Å². The molecule has 11 heavy (non-hydrogen) atoms. The number of rotatable bonds is 4. The first-order valence-corrected chi connectivity index (χ1v) is 4.60. The quantitative estimate of drug-likeness (QED) is 0.603. The summed E-state index contributed by atoms with van der Waals surface area (Å²) in [5, 5.41) is 2.33. The average molecular weight is 177 g/mol. The first-order valence-electron chi connectivity index (χ1n) is 3.11. The summed E-state index contributed by atoms with van der Waals surface area (Å²) in [6.07, 6.45) is 0. The topological polar surface area (TPSA) is 63.2 Å². The maximum absolute atomic E-state index is 10.9. The molecule has 0 rings (SSSR count). The zero-order valence-corrected chi connectivity index (χ0v) is 7.36. The number of hydrogen-bond donors (Lipinski definition) is 1. The van der Waals surface area contributed by atoms with Gasteiger partial charge in [0.25, 0.3) is 0 Å². The second kappa shape index (κ2) is 5.01. The molecule has 0 fully saturated rings. The molecule has 1 amide bonds. The highest BCUT2D eigenvalue weighted by atomic mass is 32.2. The molecule has 0 radical (unpaired) electrons. The first kappa shape index (κ1) is 10.3. The van der Waals surface area contributed by atoms with Gasteiger partial charge in [0.2, 0.25) is 5.91 Å². The Balaban J connectivity index is 3.70. The second-order valence-electron chi connectivity index (χ2n) is 2.10. The first-order chi connectivity index (χ1) is 5.06. The van der Waals surface area contributed by atoms with Crippen LogP contribution in [0.5, 0.6) is 0 Å². The molecule has 5 heteroatoms. The summed E-state index contributed by atoms with van der Waals surface area (Å²) in [4.78, 5) is 21.0. The number of nitrogens with one attached hydrogen (secondary N) is 1. The Morgan fingerprint density at radius 1 is 1.36 bits per heavy atom. The van der Waals surface area contributed by atoms with Gasteiger partial charge in [-0.1, -0.05) is 0 Å². The third-order valence-electron chi connectivity index (χ3n) is 0.935. The van der Waals surface area contributed by atoms with Gasteiger partial charge in [0.15, 0.2) is 0 Å². The molecule has 0 aliphatic rings. The highest BCUT2D eigenvalue weighted by molar-refractivity contribution is 7.86. The van der Waals surface area contributed by atoms with Gasteiger partial charge in [-0.25, -0.2) is 0 Å². The van der Waals surface area contributed by atoms with Crippen LogP contribution >= 0.6 is 0 Å². The van der Waals surface area contributed by atoms with Crippen LogP contribution in [0.25, 0.3) is 0 Å². The Morgan fingerprint density at radius 2 is 1.91 bits per heavy atom. The van der Waals surface area contributed by atoms with E-state index in [0.29, 0.717) is 0 Å². The fourth-order valence-electron chi connectivity index (χ4n) is 0.496. The van der Waals surface area contributed by atoms with Gasteiger partial charge >= 0.3 is 0 Å². The maximum Gasteiger partial charge on any atom is 0.232 e. The fraction of sp³-hybridized carbons (Fsp3) is 0.667. The van der Waals surface area contributed by atoms with E-state index in [9.17, 15) is 13.8 Å². The molecule has 0 saturated heterocycles. The predicted octanol–water partition coefficient (Wildman–Crippen LogP) is -0.930. The fourth-order valence-corrected chi connectivity index (χ4v) is 1.49. The molecule has 0 aromatic carbocycles. The standard InChI is InChI=1S/C6H11NO3S/c1-5(8)3-11(10)4-6(9)7-2/h3-4H2,1-2H3,(H,7,9). The van der Waals surface area contributed by atoms with E-state index in [1.54, 1.807) is 0 Å². The number of Topliss-reactive ketones (excluding diaryl/α,β-unsaturated/α-hetero) is 1. The summed E-state index contributed by atoms with van der Waals surface area (Å²) in [6.45, 7) is 1.35.